The van der Waals surface area contributed by atoms with Gasteiger partial charge in [0.05, 0.1) is 11.3 Å². The Kier molecular flexibility index (Phi) is 6.23. The lowest BCUT2D eigenvalue weighted by Crippen LogP contribution is -2.31. The molecule has 0 atom stereocenters. The van der Waals surface area contributed by atoms with Crippen molar-refractivity contribution in [3.63, 3.8) is 0 Å². The van der Waals surface area contributed by atoms with E-state index in [0.717, 1.165) is 22.5 Å². The zero-order valence-corrected chi connectivity index (χ0v) is 12.8. The molecular weight excluding hydrogens is 312 g/mol. The average molecular weight is 327 g/mol. The second kappa shape index (κ2) is 7.45. The van der Waals surface area contributed by atoms with Crippen molar-refractivity contribution in [2.24, 2.45) is 0 Å². The van der Waals surface area contributed by atoms with E-state index in [9.17, 15) is 4.79 Å². The molecule has 1 rings (SSSR count). The smallest absolute Gasteiger partial charge is 0.232 e. The van der Waals surface area contributed by atoms with E-state index in [0.29, 0.717) is 11.3 Å². The first-order valence-corrected chi connectivity index (χ1v) is 7.50. The SMILES string of the molecule is CCN(CC)C(=O)CSc1ccc(Br)cc1C#N. The van der Waals surface area contributed by atoms with Gasteiger partial charge in [0.25, 0.3) is 0 Å². The Morgan fingerprint density at radius 2 is 2.11 bits per heavy atom. The van der Waals surface area contributed by atoms with Crippen LogP contribution in [0.25, 0.3) is 0 Å². The van der Waals surface area contributed by atoms with E-state index in [1.165, 1.54) is 11.8 Å². The van der Waals surface area contributed by atoms with Crippen molar-refractivity contribution in [1.82, 2.24) is 4.90 Å². The molecule has 0 aliphatic rings. The number of hydrogen-bond donors (Lipinski definition) is 0. The third-order valence-corrected chi connectivity index (χ3v) is 4.08. The second-order valence-corrected chi connectivity index (χ2v) is 5.54. The zero-order valence-electron chi connectivity index (χ0n) is 10.4. The number of carbonyl (C=O) groups is 1. The fourth-order valence-electron chi connectivity index (χ4n) is 1.52. The highest BCUT2D eigenvalue weighted by atomic mass is 79.9. The maximum absolute atomic E-state index is 11.9. The van der Waals surface area contributed by atoms with Crippen LogP contribution in [0, 0.1) is 11.3 Å². The molecule has 0 heterocycles. The number of hydrogen-bond acceptors (Lipinski definition) is 3. The summed E-state index contributed by atoms with van der Waals surface area (Å²) in [4.78, 5) is 14.5. The van der Waals surface area contributed by atoms with Crippen molar-refractivity contribution in [1.29, 1.82) is 5.26 Å². The van der Waals surface area contributed by atoms with Crippen LogP contribution in [0.5, 0.6) is 0 Å². The normalized spacial score (nSPS) is 9.89. The first-order valence-electron chi connectivity index (χ1n) is 5.72. The largest absolute Gasteiger partial charge is 0.343 e. The molecule has 0 saturated carbocycles. The van der Waals surface area contributed by atoms with Gasteiger partial charge in [-0.15, -0.1) is 11.8 Å². The summed E-state index contributed by atoms with van der Waals surface area (Å²) in [5.41, 5.74) is 0.599. The predicted octanol–water partition coefficient (Wildman–Crippen LogP) is 3.28. The van der Waals surface area contributed by atoms with Gasteiger partial charge in [0.2, 0.25) is 5.91 Å². The van der Waals surface area contributed by atoms with Crippen LogP contribution < -0.4 is 0 Å². The number of thioether (sulfide) groups is 1. The molecule has 0 fully saturated rings. The van der Waals surface area contributed by atoms with E-state index >= 15 is 0 Å². The summed E-state index contributed by atoms with van der Waals surface area (Å²) >= 11 is 4.74. The predicted molar refractivity (Wildman–Crippen MR) is 77.5 cm³/mol. The highest BCUT2D eigenvalue weighted by Crippen LogP contribution is 2.25. The molecule has 0 bridgehead atoms. The first kappa shape index (κ1) is 15.1. The van der Waals surface area contributed by atoms with Gasteiger partial charge in [-0.2, -0.15) is 5.26 Å². The highest BCUT2D eigenvalue weighted by molar-refractivity contribution is 9.10. The van der Waals surface area contributed by atoms with Crippen molar-refractivity contribution in [3.05, 3.63) is 28.2 Å². The molecule has 0 saturated heterocycles. The van der Waals surface area contributed by atoms with E-state index in [1.807, 2.05) is 26.0 Å². The zero-order chi connectivity index (χ0) is 13.5. The van der Waals surface area contributed by atoms with Crippen LogP contribution >= 0.6 is 27.7 Å². The lowest BCUT2D eigenvalue weighted by atomic mass is 10.2. The van der Waals surface area contributed by atoms with Crippen LogP contribution in [0.1, 0.15) is 19.4 Å². The molecule has 3 nitrogen and oxygen atoms in total. The molecule has 0 aliphatic heterocycles. The van der Waals surface area contributed by atoms with Crippen molar-refractivity contribution in [3.8, 4) is 6.07 Å². The van der Waals surface area contributed by atoms with E-state index in [1.54, 1.807) is 11.0 Å². The molecule has 0 unspecified atom stereocenters. The lowest BCUT2D eigenvalue weighted by molar-refractivity contribution is -0.127. The Bertz CT molecular complexity index is 467. The third kappa shape index (κ3) is 4.04. The first-order chi connectivity index (χ1) is 8.62. The molecule has 1 aromatic rings. The Hall–Kier alpha value is -0.990. The number of nitriles is 1. The molecular formula is C13H15BrN2OS. The number of carbonyl (C=O) groups excluding carboxylic acids is 1. The minimum absolute atomic E-state index is 0.108. The summed E-state index contributed by atoms with van der Waals surface area (Å²) in [5.74, 6) is 0.481. The number of nitrogens with zero attached hydrogens (tertiary/aromatic N) is 2. The molecule has 0 N–H and O–H groups in total. The van der Waals surface area contributed by atoms with Crippen molar-refractivity contribution < 1.29 is 4.79 Å². The molecule has 0 radical (unpaired) electrons. The van der Waals surface area contributed by atoms with Gasteiger partial charge in [0, 0.05) is 22.5 Å². The summed E-state index contributed by atoms with van der Waals surface area (Å²) in [6, 6.07) is 7.65. The topological polar surface area (TPSA) is 44.1 Å². The Morgan fingerprint density at radius 3 is 2.67 bits per heavy atom. The molecule has 96 valence electrons. The molecule has 5 heteroatoms. The summed E-state index contributed by atoms with van der Waals surface area (Å²) < 4.78 is 0.874. The van der Waals surface area contributed by atoms with Gasteiger partial charge in [-0.1, -0.05) is 15.9 Å². The second-order valence-electron chi connectivity index (χ2n) is 3.61. The maximum Gasteiger partial charge on any atom is 0.232 e. The fraction of sp³-hybridized carbons (Fsp3) is 0.385. The van der Waals surface area contributed by atoms with Gasteiger partial charge in [0.15, 0.2) is 0 Å². The molecule has 0 aliphatic carbocycles. The van der Waals surface area contributed by atoms with E-state index < -0.39 is 0 Å². The molecule has 0 aromatic heterocycles. The summed E-state index contributed by atoms with van der Waals surface area (Å²) in [6.45, 7) is 5.38. The number of amides is 1. The average Bonchev–Trinajstić information content (AvgIpc) is 2.38. The monoisotopic (exact) mass is 326 g/mol. The molecule has 0 spiro atoms. The van der Waals surface area contributed by atoms with Crippen molar-refractivity contribution in [2.75, 3.05) is 18.8 Å². The Labute approximate surface area is 120 Å². The van der Waals surface area contributed by atoms with E-state index in [2.05, 4.69) is 22.0 Å². The minimum Gasteiger partial charge on any atom is -0.343 e. The highest BCUT2D eigenvalue weighted by Gasteiger charge is 2.11. The van der Waals surface area contributed by atoms with Gasteiger partial charge in [-0.05, 0) is 32.0 Å². The van der Waals surface area contributed by atoms with Crippen molar-refractivity contribution in [2.45, 2.75) is 18.7 Å². The van der Waals surface area contributed by atoms with Gasteiger partial charge in [-0.3, -0.25) is 4.79 Å². The van der Waals surface area contributed by atoms with Crippen LogP contribution in [0.4, 0.5) is 0 Å². The standard InChI is InChI=1S/C13H15BrN2OS/c1-3-16(4-2)13(17)9-18-12-6-5-11(14)7-10(12)8-15/h5-7H,3-4,9H2,1-2H3. The Morgan fingerprint density at radius 1 is 1.44 bits per heavy atom. The van der Waals surface area contributed by atoms with Crippen LogP contribution in [-0.4, -0.2) is 29.6 Å². The summed E-state index contributed by atoms with van der Waals surface area (Å²) in [5, 5.41) is 9.03. The maximum atomic E-state index is 11.9. The summed E-state index contributed by atoms with van der Waals surface area (Å²) in [6.07, 6.45) is 0. The third-order valence-electron chi connectivity index (χ3n) is 2.53. The van der Waals surface area contributed by atoms with Gasteiger partial charge in [-0.25, -0.2) is 0 Å². The van der Waals surface area contributed by atoms with Gasteiger partial charge in [0.1, 0.15) is 6.07 Å². The molecule has 18 heavy (non-hydrogen) atoms. The molecule has 1 aromatic carbocycles. The minimum atomic E-state index is 0.108. The van der Waals surface area contributed by atoms with Crippen LogP contribution in [0.2, 0.25) is 0 Å². The van der Waals surface area contributed by atoms with E-state index in [4.69, 9.17) is 5.26 Å². The van der Waals surface area contributed by atoms with Crippen LogP contribution in [0.3, 0.4) is 0 Å². The summed E-state index contributed by atoms with van der Waals surface area (Å²) in [7, 11) is 0. The van der Waals surface area contributed by atoms with E-state index in [-0.39, 0.29) is 5.91 Å². The molecule has 1 amide bonds. The number of rotatable bonds is 5. The van der Waals surface area contributed by atoms with Gasteiger partial charge >= 0.3 is 0 Å². The van der Waals surface area contributed by atoms with Crippen LogP contribution in [0.15, 0.2) is 27.6 Å². The Balaban J connectivity index is 2.70. The fourth-order valence-corrected chi connectivity index (χ4v) is 2.77. The number of halogens is 1. The number of benzene rings is 1. The van der Waals surface area contributed by atoms with Crippen LogP contribution in [-0.2, 0) is 4.79 Å². The van der Waals surface area contributed by atoms with Crippen molar-refractivity contribution >= 4 is 33.6 Å². The van der Waals surface area contributed by atoms with Gasteiger partial charge < -0.3 is 4.90 Å². The lowest BCUT2D eigenvalue weighted by Gasteiger charge is -2.18. The quantitative estimate of drug-likeness (QED) is 0.780.